The first-order chi connectivity index (χ1) is 8.45. The zero-order chi connectivity index (χ0) is 16.4. The van der Waals surface area contributed by atoms with E-state index in [-0.39, 0.29) is 20.3 Å². The van der Waals surface area contributed by atoms with Gasteiger partial charge in [-0.05, 0) is 24.3 Å². The van der Waals surface area contributed by atoms with Gasteiger partial charge >= 0.3 is 54.2 Å². The summed E-state index contributed by atoms with van der Waals surface area (Å²) in [5.74, 6) is 0. The molecule has 0 unspecified atom stereocenters. The van der Waals surface area contributed by atoms with E-state index in [1.807, 2.05) is 0 Å². The van der Waals surface area contributed by atoms with Crippen molar-refractivity contribution in [3.05, 3.63) is 29.8 Å². The minimum atomic E-state index is -8.55. The molecule has 0 atom stereocenters. The molecule has 0 aliphatic rings. The molecule has 0 bridgehead atoms. The van der Waals surface area contributed by atoms with E-state index in [4.69, 9.17) is 4.55 Å². The molecule has 0 heterocycles. The van der Waals surface area contributed by atoms with Gasteiger partial charge in [0.2, 0.25) is 0 Å². The second-order valence-electron chi connectivity index (χ2n) is 3.14. The summed E-state index contributed by atoms with van der Waals surface area (Å²) in [5.41, 5.74) is -0.968. The number of hydrogen-bond donors (Lipinski definition) is 1. The first-order valence-corrected chi connectivity index (χ1v) is 7.33. The topological polar surface area (TPSA) is 54.4 Å². The molecule has 0 radical (unpaired) electrons. The van der Waals surface area contributed by atoms with Crippen LogP contribution in [0.1, 0.15) is 6.99 Å². The summed E-state index contributed by atoms with van der Waals surface area (Å²) in [4.78, 5) is -0.564. The van der Waals surface area contributed by atoms with Gasteiger partial charge in [-0.2, -0.15) is 21.6 Å². The Balaban J connectivity index is -0.000000392. The van der Waals surface area contributed by atoms with Gasteiger partial charge in [-0.15, -0.1) is 0 Å². The van der Waals surface area contributed by atoms with Crippen molar-refractivity contribution in [3.63, 3.8) is 0 Å². The number of rotatable bonds is 1. The van der Waals surface area contributed by atoms with Gasteiger partial charge in [0, 0.05) is 0 Å². The number of benzene rings is 1. The standard InChI is InChI=1S/C7H5F3O3S.F5P.Li.H/c8-7(9,10)5-1-3-6(4-2-5)14(11,12)13;1-6(2,3,4)5;;/h1-4H,(H,11,12,13);;;/q;;+1;-1. The first kappa shape index (κ1) is 22.9. The van der Waals surface area contributed by atoms with Crippen molar-refractivity contribution in [1.29, 1.82) is 0 Å². The fourth-order valence-corrected chi connectivity index (χ4v) is 1.30. The van der Waals surface area contributed by atoms with Crippen molar-refractivity contribution in [2.45, 2.75) is 11.1 Å². The van der Waals surface area contributed by atoms with E-state index >= 15 is 0 Å². The number of halogens is 8. The van der Waals surface area contributed by atoms with E-state index in [1.54, 1.807) is 0 Å². The van der Waals surface area contributed by atoms with Crippen molar-refractivity contribution in [1.82, 2.24) is 0 Å². The zero-order valence-corrected chi connectivity index (χ0v) is 11.7. The maximum Gasteiger partial charge on any atom is 1.00 e. The van der Waals surface area contributed by atoms with Gasteiger partial charge in [-0.1, -0.05) is 0 Å². The third-order valence-corrected chi connectivity index (χ3v) is 2.35. The van der Waals surface area contributed by atoms with Crippen LogP contribution < -0.4 is 18.9 Å². The summed E-state index contributed by atoms with van der Waals surface area (Å²) >= 11 is 0. The van der Waals surface area contributed by atoms with Crippen LogP contribution in [-0.2, 0) is 16.3 Å². The van der Waals surface area contributed by atoms with Gasteiger partial charge in [0.15, 0.2) is 0 Å². The molecule has 0 aliphatic carbocycles. The minimum absolute atomic E-state index is 0. The molecule has 0 saturated carbocycles. The fraction of sp³-hybridized carbons (Fsp3) is 0.143. The third kappa shape index (κ3) is 13.0. The largest absolute Gasteiger partial charge is 1.00 e. The number of hydrogen-bond acceptors (Lipinski definition) is 2. The summed E-state index contributed by atoms with van der Waals surface area (Å²) in [5, 5.41) is 0. The second kappa shape index (κ2) is 6.79. The molecule has 0 amide bonds. The molecule has 3 nitrogen and oxygen atoms in total. The van der Waals surface area contributed by atoms with Crippen LogP contribution in [0.25, 0.3) is 0 Å². The van der Waals surface area contributed by atoms with Crippen LogP contribution >= 0.6 is 8.16 Å². The Morgan fingerprint density at radius 3 is 1.43 bits per heavy atom. The molecule has 0 aromatic heterocycles. The van der Waals surface area contributed by atoms with Crippen LogP contribution in [0, 0.1) is 0 Å². The van der Waals surface area contributed by atoms with E-state index in [0.717, 1.165) is 0 Å². The van der Waals surface area contributed by atoms with E-state index in [2.05, 4.69) is 0 Å². The molecule has 1 aromatic carbocycles. The Labute approximate surface area is 127 Å². The van der Waals surface area contributed by atoms with Gasteiger partial charge in [-0.25, -0.2) is 0 Å². The molecule has 1 N–H and O–H groups in total. The third-order valence-electron chi connectivity index (χ3n) is 1.48. The van der Waals surface area contributed by atoms with E-state index in [9.17, 15) is 42.6 Å². The summed E-state index contributed by atoms with van der Waals surface area (Å²) in [6.45, 7) is 0. The van der Waals surface area contributed by atoms with E-state index < -0.39 is 34.9 Å². The van der Waals surface area contributed by atoms with Crippen molar-refractivity contribution in [2.75, 3.05) is 0 Å². The Bertz CT molecular complexity index is 551. The van der Waals surface area contributed by atoms with Crippen molar-refractivity contribution >= 4 is 18.3 Å². The van der Waals surface area contributed by atoms with Crippen molar-refractivity contribution in [2.24, 2.45) is 0 Å². The summed E-state index contributed by atoms with van der Waals surface area (Å²) in [6.07, 6.45) is -4.52. The zero-order valence-electron chi connectivity index (χ0n) is 11.0. The normalized spacial score (nSPS) is 14.0. The Kier molecular flexibility index (Phi) is 7.39. The summed E-state index contributed by atoms with van der Waals surface area (Å²) in [7, 11) is -13.0. The monoisotopic (exact) mass is 360 g/mol. The average molecular weight is 360 g/mol. The molecular formula is C7H6F8LiO3PS. The van der Waals surface area contributed by atoms with Gasteiger partial charge in [0.25, 0.3) is 10.1 Å². The average Bonchev–Trinajstić information content (AvgIpc) is 2.11. The van der Waals surface area contributed by atoms with Gasteiger partial charge in [0.1, 0.15) is 0 Å². The Morgan fingerprint density at radius 1 is 0.952 bits per heavy atom. The van der Waals surface area contributed by atoms with Gasteiger partial charge in [0.05, 0.1) is 10.5 Å². The summed E-state index contributed by atoms with van der Waals surface area (Å²) < 4.78 is 115. The van der Waals surface area contributed by atoms with Crippen molar-refractivity contribution < 1.29 is 67.4 Å². The van der Waals surface area contributed by atoms with Crippen molar-refractivity contribution in [3.8, 4) is 0 Å². The molecule has 0 aliphatic heterocycles. The van der Waals surface area contributed by atoms with Crippen LogP contribution in [0.5, 0.6) is 0 Å². The molecule has 1 aromatic rings. The van der Waals surface area contributed by atoms with Crippen LogP contribution in [0.2, 0.25) is 0 Å². The van der Waals surface area contributed by atoms with Gasteiger partial charge in [-0.3, -0.25) is 4.55 Å². The van der Waals surface area contributed by atoms with E-state index in [0.29, 0.717) is 24.3 Å². The van der Waals surface area contributed by atoms with Crippen LogP contribution in [-0.4, -0.2) is 13.0 Å². The molecule has 14 heteroatoms. The fourth-order valence-electron chi connectivity index (χ4n) is 0.816. The molecule has 1 rings (SSSR count). The molecule has 120 valence electrons. The second-order valence-corrected chi connectivity index (χ2v) is 5.84. The SMILES string of the molecule is FP(F)(F)(F)F.O=S(=O)(O)c1ccc(C(F)(F)F)cc1.[H-].[Li+]. The van der Waals surface area contributed by atoms with Crippen LogP contribution in [0.4, 0.5) is 34.2 Å². The van der Waals surface area contributed by atoms with E-state index in [1.165, 1.54) is 0 Å². The predicted molar refractivity (Wildman–Crippen MR) is 54.8 cm³/mol. The van der Waals surface area contributed by atoms with Crippen LogP contribution in [0.15, 0.2) is 29.2 Å². The smallest absolute Gasteiger partial charge is 1.00 e. The maximum atomic E-state index is 12.0. The van der Waals surface area contributed by atoms with Gasteiger partial charge < -0.3 is 1.43 Å². The number of alkyl halides is 3. The predicted octanol–water partition coefficient (Wildman–Crippen LogP) is 2.03. The molecule has 21 heavy (non-hydrogen) atoms. The van der Waals surface area contributed by atoms with Crippen LogP contribution in [0.3, 0.4) is 0 Å². The molecule has 0 fully saturated rings. The first-order valence-electron chi connectivity index (χ1n) is 4.20. The summed E-state index contributed by atoms with van der Waals surface area (Å²) in [6, 6.07) is 2.56. The molecule has 0 saturated heterocycles. The molecule has 0 spiro atoms. The Morgan fingerprint density at radius 2 is 1.24 bits per heavy atom. The maximum absolute atomic E-state index is 12.0. The quantitative estimate of drug-likeness (QED) is 0.361. The Hall–Kier alpha value is -0.403. The molecular weight excluding hydrogens is 354 g/mol. The minimum Gasteiger partial charge on any atom is -1.00 e.